The standard InChI is InChI=1S/C67H44/c1-4-18-44(19-5-1)45-32-34-47(35-33-45)64(48-36-39-55-53-26-12-15-29-58(53)66(62(55)42-48,50-21-6-2-7-22-50)51-23-8-3-9-24-51)49-37-40-56-54-27-13-16-30-59(54)67(63(56)43-49)60-31-17-14-28-57(60)65-52-25-11-10-20-46(52)38-41-61(65)67/h1-43,64H. The molecular formula is C67H44. The summed E-state index contributed by atoms with van der Waals surface area (Å²) < 4.78 is 0. The van der Waals surface area contributed by atoms with E-state index in [1.807, 2.05) is 0 Å². The Bertz CT molecular complexity index is 3690. The second-order valence-corrected chi connectivity index (χ2v) is 18.6. The van der Waals surface area contributed by atoms with Crippen LogP contribution in [0.2, 0.25) is 0 Å². The van der Waals surface area contributed by atoms with Crippen LogP contribution < -0.4 is 0 Å². The van der Waals surface area contributed by atoms with E-state index in [0.717, 1.165) is 0 Å². The number of benzene rings is 11. The van der Waals surface area contributed by atoms with Crippen LogP contribution in [0.25, 0.3) is 55.3 Å². The predicted molar refractivity (Wildman–Crippen MR) is 277 cm³/mol. The molecule has 3 aliphatic carbocycles. The van der Waals surface area contributed by atoms with Crippen LogP contribution in [0.4, 0.5) is 0 Å². The lowest BCUT2D eigenvalue weighted by atomic mass is 9.67. The molecule has 14 rings (SSSR count). The molecule has 0 saturated heterocycles. The third-order valence-corrected chi connectivity index (χ3v) is 15.5. The largest absolute Gasteiger partial charge is 0.0725 e. The average molecular weight is 849 g/mol. The first-order valence-electron chi connectivity index (χ1n) is 23.6. The second kappa shape index (κ2) is 14.6. The maximum atomic E-state index is 2.59. The summed E-state index contributed by atoms with van der Waals surface area (Å²) in [5.41, 5.74) is 23.8. The summed E-state index contributed by atoms with van der Waals surface area (Å²) in [5, 5.41) is 2.58. The van der Waals surface area contributed by atoms with E-state index in [0.29, 0.717) is 0 Å². The summed E-state index contributed by atoms with van der Waals surface area (Å²) in [5.74, 6) is -0.0677. The highest BCUT2D eigenvalue weighted by molar-refractivity contribution is 6.06. The van der Waals surface area contributed by atoms with Crippen molar-refractivity contribution in [3.63, 3.8) is 0 Å². The minimum Gasteiger partial charge on any atom is -0.0622 e. The third kappa shape index (κ3) is 5.24. The summed E-state index contributed by atoms with van der Waals surface area (Å²) in [4.78, 5) is 0. The van der Waals surface area contributed by atoms with Gasteiger partial charge in [0.05, 0.1) is 10.8 Å². The van der Waals surface area contributed by atoms with Gasteiger partial charge in [-0.25, -0.2) is 0 Å². The Morgan fingerprint density at radius 1 is 0.254 bits per heavy atom. The Labute approximate surface area is 392 Å². The molecular weight excluding hydrogens is 805 g/mol. The van der Waals surface area contributed by atoms with Crippen LogP contribution in [0.5, 0.6) is 0 Å². The molecule has 0 bridgehead atoms. The minimum absolute atomic E-state index is 0.0677. The second-order valence-electron chi connectivity index (χ2n) is 18.6. The van der Waals surface area contributed by atoms with E-state index in [-0.39, 0.29) is 5.92 Å². The monoisotopic (exact) mass is 848 g/mol. The zero-order chi connectivity index (χ0) is 44.1. The van der Waals surface area contributed by atoms with Crippen molar-refractivity contribution in [1.82, 2.24) is 0 Å². The highest BCUT2D eigenvalue weighted by atomic mass is 14.5. The van der Waals surface area contributed by atoms with Gasteiger partial charge in [-0.2, -0.15) is 0 Å². The molecule has 0 amide bonds. The molecule has 2 unspecified atom stereocenters. The third-order valence-electron chi connectivity index (χ3n) is 15.5. The lowest BCUT2D eigenvalue weighted by Crippen LogP contribution is -2.28. The van der Waals surface area contributed by atoms with Gasteiger partial charge in [-0.05, 0) is 116 Å². The molecule has 1 spiro atoms. The van der Waals surface area contributed by atoms with Gasteiger partial charge < -0.3 is 0 Å². The van der Waals surface area contributed by atoms with Crippen molar-refractivity contribution in [3.8, 4) is 44.5 Å². The molecule has 0 N–H and O–H groups in total. The van der Waals surface area contributed by atoms with Crippen molar-refractivity contribution in [3.05, 3.63) is 322 Å². The zero-order valence-corrected chi connectivity index (χ0v) is 36.9. The summed E-state index contributed by atoms with van der Waals surface area (Å²) in [7, 11) is 0. The van der Waals surface area contributed by atoms with E-state index in [2.05, 4.69) is 261 Å². The lowest BCUT2D eigenvalue weighted by molar-refractivity contribution is 0.765. The topological polar surface area (TPSA) is 0 Å². The molecule has 67 heavy (non-hydrogen) atoms. The van der Waals surface area contributed by atoms with Gasteiger partial charge in [0.15, 0.2) is 0 Å². The van der Waals surface area contributed by atoms with E-state index in [9.17, 15) is 0 Å². The molecule has 0 radical (unpaired) electrons. The fourth-order valence-corrected chi connectivity index (χ4v) is 12.8. The Kier molecular flexibility index (Phi) is 8.28. The molecule has 0 nitrogen and oxygen atoms in total. The number of rotatable bonds is 6. The predicted octanol–water partition coefficient (Wildman–Crippen LogP) is 16.4. The quantitative estimate of drug-likeness (QED) is 0.146. The first kappa shape index (κ1) is 38.0. The van der Waals surface area contributed by atoms with Crippen molar-refractivity contribution in [2.24, 2.45) is 0 Å². The lowest BCUT2D eigenvalue weighted by Gasteiger charge is -2.34. The zero-order valence-electron chi connectivity index (χ0n) is 36.9. The maximum absolute atomic E-state index is 2.59. The molecule has 312 valence electrons. The van der Waals surface area contributed by atoms with E-state index in [4.69, 9.17) is 0 Å². The first-order valence-corrected chi connectivity index (χ1v) is 23.6. The highest BCUT2D eigenvalue weighted by Gasteiger charge is 2.52. The van der Waals surface area contributed by atoms with Crippen LogP contribution in [-0.4, -0.2) is 0 Å². The molecule has 3 aliphatic rings. The minimum atomic E-state index is -0.504. The summed E-state index contributed by atoms with van der Waals surface area (Å²) in [6, 6.07) is 98.5. The van der Waals surface area contributed by atoms with Gasteiger partial charge in [0, 0.05) is 5.92 Å². The Balaban J connectivity index is 1.04. The normalized spacial score (nSPS) is 15.9. The maximum Gasteiger partial charge on any atom is 0.0725 e. The highest BCUT2D eigenvalue weighted by Crippen LogP contribution is 2.64. The van der Waals surface area contributed by atoms with Gasteiger partial charge in [0.1, 0.15) is 0 Å². The van der Waals surface area contributed by atoms with Crippen LogP contribution in [-0.2, 0) is 10.8 Å². The number of fused-ring (bicyclic) bond motifs is 15. The van der Waals surface area contributed by atoms with Crippen LogP contribution in [0.3, 0.4) is 0 Å². The fourth-order valence-electron chi connectivity index (χ4n) is 12.8. The molecule has 0 fully saturated rings. The van der Waals surface area contributed by atoms with Crippen molar-refractivity contribution in [2.45, 2.75) is 16.7 Å². The van der Waals surface area contributed by atoms with E-state index in [1.165, 1.54) is 116 Å². The van der Waals surface area contributed by atoms with Crippen LogP contribution in [0.15, 0.2) is 261 Å². The smallest absolute Gasteiger partial charge is 0.0622 e. The number of hydrogen-bond donors (Lipinski definition) is 0. The van der Waals surface area contributed by atoms with Gasteiger partial charge in [0.25, 0.3) is 0 Å². The molecule has 0 saturated carbocycles. The molecule has 0 aromatic heterocycles. The van der Waals surface area contributed by atoms with Gasteiger partial charge in [0.2, 0.25) is 0 Å². The molecule has 2 atom stereocenters. The average Bonchev–Trinajstić information content (AvgIpc) is 4.00. The van der Waals surface area contributed by atoms with E-state index in [1.54, 1.807) is 0 Å². The number of hydrogen-bond acceptors (Lipinski definition) is 0. The van der Waals surface area contributed by atoms with Gasteiger partial charge in [-0.15, -0.1) is 0 Å². The molecule has 0 aliphatic heterocycles. The SMILES string of the molecule is c1ccc(-c2ccc(C(c3ccc4c(c3)C(c3ccccc3)(c3ccccc3)c3ccccc3-4)c3ccc4c(c3)C3(c5ccccc5-4)c4ccccc4-c4c3ccc3ccccc43)cc2)cc1. The van der Waals surface area contributed by atoms with Crippen molar-refractivity contribution in [2.75, 3.05) is 0 Å². The Morgan fingerprint density at radius 2 is 0.687 bits per heavy atom. The van der Waals surface area contributed by atoms with E-state index >= 15 is 0 Å². The van der Waals surface area contributed by atoms with Gasteiger partial charge in [-0.1, -0.05) is 261 Å². The van der Waals surface area contributed by atoms with E-state index < -0.39 is 10.8 Å². The molecule has 0 heterocycles. The summed E-state index contributed by atoms with van der Waals surface area (Å²) in [6.07, 6.45) is 0. The van der Waals surface area contributed by atoms with Crippen molar-refractivity contribution < 1.29 is 0 Å². The Morgan fingerprint density at radius 3 is 1.30 bits per heavy atom. The summed E-state index contributed by atoms with van der Waals surface area (Å²) in [6.45, 7) is 0. The summed E-state index contributed by atoms with van der Waals surface area (Å²) >= 11 is 0. The van der Waals surface area contributed by atoms with Crippen molar-refractivity contribution >= 4 is 10.8 Å². The molecule has 0 heteroatoms. The molecule has 11 aromatic rings. The molecule has 11 aromatic carbocycles. The van der Waals surface area contributed by atoms with Crippen LogP contribution >= 0.6 is 0 Å². The first-order chi connectivity index (χ1) is 33.2. The van der Waals surface area contributed by atoms with Crippen LogP contribution in [0, 0.1) is 0 Å². The van der Waals surface area contributed by atoms with Gasteiger partial charge >= 0.3 is 0 Å². The van der Waals surface area contributed by atoms with Gasteiger partial charge in [-0.3, -0.25) is 0 Å². The van der Waals surface area contributed by atoms with Crippen molar-refractivity contribution in [1.29, 1.82) is 0 Å². The Hall–Kier alpha value is -8.32. The fraction of sp³-hybridized carbons (Fsp3) is 0.0448. The van der Waals surface area contributed by atoms with Crippen LogP contribution in [0.1, 0.15) is 67.1 Å².